The first kappa shape index (κ1) is 10.5. The van der Waals surface area contributed by atoms with Gasteiger partial charge in [-0.1, -0.05) is 39.3 Å². The van der Waals surface area contributed by atoms with Crippen LogP contribution in [0.15, 0.2) is 50.7 Å². The molecule has 1 N–H and O–H groups in total. The van der Waals surface area contributed by atoms with E-state index in [0.717, 1.165) is 25.8 Å². The van der Waals surface area contributed by atoms with Crippen molar-refractivity contribution in [2.24, 2.45) is 0 Å². The Morgan fingerprint density at radius 3 is 2.50 bits per heavy atom. The highest BCUT2D eigenvalue weighted by atomic mass is 79.9. The lowest BCUT2D eigenvalue weighted by molar-refractivity contribution is 1.31. The van der Waals surface area contributed by atoms with Crippen molar-refractivity contribution >= 4 is 50.7 Å². The fourth-order valence-corrected chi connectivity index (χ4v) is 3.45. The van der Waals surface area contributed by atoms with Crippen LogP contribution in [-0.4, -0.2) is 0 Å². The second-order valence-corrected chi connectivity index (χ2v) is 5.94. The molecule has 0 atom stereocenters. The normalized spacial score (nSPS) is 12.6. The summed E-state index contributed by atoms with van der Waals surface area (Å²) in [6.07, 6.45) is 0. The number of benzene rings is 2. The topological polar surface area (TPSA) is 12.0 Å². The highest BCUT2D eigenvalue weighted by Crippen LogP contribution is 2.45. The molecule has 0 bridgehead atoms. The van der Waals surface area contributed by atoms with Crippen molar-refractivity contribution in [1.29, 1.82) is 0 Å². The zero-order chi connectivity index (χ0) is 11.1. The predicted octanol–water partition coefficient (Wildman–Crippen LogP) is 5.31. The molecule has 0 saturated carbocycles. The molecule has 0 aliphatic carbocycles. The Kier molecular flexibility index (Phi) is 2.62. The van der Waals surface area contributed by atoms with Crippen LogP contribution in [0.5, 0.6) is 0 Å². The Hall–Kier alpha value is -0.640. The van der Waals surface area contributed by atoms with Crippen LogP contribution >= 0.6 is 39.3 Å². The van der Waals surface area contributed by atoms with Crippen LogP contribution in [0.3, 0.4) is 0 Å². The quantitative estimate of drug-likeness (QED) is 0.603. The lowest BCUT2D eigenvalue weighted by atomic mass is 10.2. The summed E-state index contributed by atoms with van der Waals surface area (Å²) in [6, 6.07) is 12.1. The van der Waals surface area contributed by atoms with Crippen molar-refractivity contribution in [1.82, 2.24) is 0 Å². The molecule has 2 aromatic carbocycles. The largest absolute Gasteiger partial charge is 0.354 e. The molecule has 4 heteroatoms. The van der Waals surface area contributed by atoms with Crippen molar-refractivity contribution in [2.75, 3.05) is 5.32 Å². The second-order valence-electron chi connectivity index (χ2n) is 3.51. The van der Waals surface area contributed by atoms with Gasteiger partial charge in [-0.25, -0.2) is 0 Å². The lowest BCUT2D eigenvalue weighted by Crippen LogP contribution is -1.99. The highest BCUT2D eigenvalue weighted by Gasteiger charge is 2.15. The Morgan fingerprint density at radius 1 is 1.00 bits per heavy atom. The molecular weight excluding hydrogens is 306 g/mol. The Bertz CT molecular complexity index is 521. The van der Waals surface area contributed by atoms with Gasteiger partial charge in [-0.05, 0) is 36.4 Å². The van der Waals surface area contributed by atoms with Crippen LogP contribution in [0.4, 0.5) is 11.4 Å². The van der Waals surface area contributed by atoms with E-state index < -0.39 is 0 Å². The standard InChI is InChI=1S/C12H7BrClNS/c13-7-1-3-9-11(5-7)16-12-6-8(14)2-4-10(12)15-9/h1-6,15H. The number of rotatable bonds is 0. The molecule has 80 valence electrons. The molecule has 0 saturated heterocycles. The van der Waals surface area contributed by atoms with Gasteiger partial charge in [0.05, 0.1) is 11.4 Å². The highest BCUT2D eigenvalue weighted by molar-refractivity contribution is 9.10. The van der Waals surface area contributed by atoms with Crippen LogP contribution < -0.4 is 5.32 Å². The van der Waals surface area contributed by atoms with Crippen LogP contribution in [-0.2, 0) is 0 Å². The van der Waals surface area contributed by atoms with Crippen LogP contribution in [0, 0.1) is 0 Å². The van der Waals surface area contributed by atoms with Crippen LogP contribution in [0.2, 0.25) is 5.02 Å². The summed E-state index contributed by atoms with van der Waals surface area (Å²) in [5.41, 5.74) is 2.26. The number of halogens is 2. The summed E-state index contributed by atoms with van der Waals surface area (Å²) in [5.74, 6) is 0. The third-order valence-corrected chi connectivity index (χ3v) is 4.22. The van der Waals surface area contributed by atoms with E-state index in [2.05, 4.69) is 33.4 Å². The zero-order valence-electron chi connectivity index (χ0n) is 8.13. The molecule has 16 heavy (non-hydrogen) atoms. The molecule has 0 aromatic heterocycles. The van der Waals surface area contributed by atoms with E-state index in [-0.39, 0.29) is 0 Å². The van der Waals surface area contributed by atoms with E-state index in [0.29, 0.717) is 0 Å². The summed E-state index contributed by atoms with van der Waals surface area (Å²) in [6.45, 7) is 0. The SMILES string of the molecule is Clc1ccc2c(c1)Sc1cc(Br)ccc1N2. The van der Waals surface area contributed by atoms with Crippen LogP contribution in [0.25, 0.3) is 0 Å². The van der Waals surface area contributed by atoms with Crippen molar-refractivity contribution in [3.8, 4) is 0 Å². The van der Waals surface area contributed by atoms with Crippen molar-refractivity contribution in [3.63, 3.8) is 0 Å². The number of fused-ring (bicyclic) bond motifs is 2. The third kappa shape index (κ3) is 1.83. The summed E-state index contributed by atoms with van der Waals surface area (Å²) >= 11 is 11.2. The zero-order valence-corrected chi connectivity index (χ0v) is 11.3. The smallest absolute Gasteiger partial charge is 0.0527 e. The van der Waals surface area contributed by atoms with Gasteiger partial charge in [0.1, 0.15) is 0 Å². The van der Waals surface area contributed by atoms with Crippen molar-refractivity contribution in [3.05, 3.63) is 45.9 Å². The second kappa shape index (κ2) is 3.99. The average Bonchev–Trinajstić information content (AvgIpc) is 2.26. The van der Waals surface area contributed by atoms with Gasteiger partial charge in [0, 0.05) is 19.3 Å². The minimum Gasteiger partial charge on any atom is -0.354 e. The monoisotopic (exact) mass is 311 g/mol. The van der Waals surface area contributed by atoms with Crippen molar-refractivity contribution in [2.45, 2.75) is 9.79 Å². The van der Waals surface area contributed by atoms with Gasteiger partial charge in [0.2, 0.25) is 0 Å². The third-order valence-electron chi connectivity index (χ3n) is 2.38. The molecule has 1 nitrogen and oxygen atoms in total. The summed E-state index contributed by atoms with van der Waals surface area (Å²) in [5, 5.41) is 4.16. The van der Waals surface area contributed by atoms with Crippen LogP contribution in [0.1, 0.15) is 0 Å². The Labute approximate surface area is 111 Å². The van der Waals surface area contributed by atoms with E-state index in [1.165, 1.54) is 4.90 Å². The van der Waals surface area contributed by atoms with Gasteiger partial charge >= 0.3 is 0 Å². The molecule has 0 spiro atoms. The molecular formula is C12H7BrClNS. The maximum Gasteiger partial charge on any atom is 0.0527 e. The first-order valence-corrected chi connectivity index (χ1v) is 6.75. The molecule has 0 fully saturated rings. The van der Waals surface area contributed by atoms with E-state index in [9.17, 15) is 0 Å². The fourth-order valence-electron chi connectivity index (χ4n) is 1.63. The summed E-state index contributed by atoms with van der Waals surface area (Å²) < 4.78 is 1.09. The molecule has 3 rings (SSSR count). The first-order chi connectivity index (χ1) is 7.72. The molecule has 0 unspecified atom stereocenters. The predicted molar refractivity (Wildman–Crippen MR) is 73.0 cm³/mol. The first-order valence-electron chi connectivity index (χ1n) is 4.76. The minimum atomic E-state index is 0.770. The molecule has 0 radical (unpaired) electrons. The van der Waals surface area contributed by atoms with Gasteiger partial charge < -0.3 is 5.32 Å². The van der Waals surface area contributed by atoms with E-state index in [1.807, 2.05) is 24.3 Å². The van der Waals surface area contributed by atoms with Gasteiger partial charge in [-0.3, -0.25) is 0 Å². The lowest BCUT2D eigenvalue weighted by Gasteiger charge is -2.20. The van der Waals surface area contributed by atoms with Gasteiger partial charge in [0.15, 0.2) is 0 Å². The summed E-state index contributed by atoms with van der Waals surface area (Å²) in [4.78, 5) is 2.38. The maximum absolute atomic E-state index is 5.98. The number of nitrogens with one attached hydrogen (secondary N) is 1. The number of anilines is 2. The van der Waals surface area contributed by atoms with E-state index in [4.69, 9.17) is 11.6 Å². The number of hydrogen-bond donors (Lipinski definition) is 1. The average molecular weight is 313 g/mol. The number of hydrogen-bond acceptors (Lipinski definition) is 2. The molecule has 1 aliphatic rings. The van der Waals surface area contributed by atoms with Gasteiger partial charge in [0.25, 0.3) is 0 Å². The van der Waals surface area contributed by atoms with E-state index in [1.54, 1.807) is 11.8 Å². The summed E-state index contributed by atoms with van der Waals surface area (Å²) in [7, 11) is 0. The van der Waals surface area contributed by atoms with Gasteiger partial charge in [-0.2, -0.15) is 0 Å². The molecule has 1 heterocycles. The minimum absolute atomic E-state index is 0.770. The fraction of sp³-hybridized carbons (Fsp3) is 0. The van der Waals surface area contributed by atoms with Gasteiger partial charge in [-0.15, -0.1) is 0 Å². The van der Waals surface area contributed by atoms with Crippen molar-refractivity contribution < 1.29 is 0 Å². The van der Waals surface area contributed by atoms with E-state index >= 15 is 0 Å². The molecule has 0 amide bonds. The Morgan fingerprint density at radius 2 is 1.69 bits per heavy atom. The maximum atomic E-state index is 5.98. The molecule has 1 aliphatic heterocycles. The molecule has 2 aromatic rings. The Balaban J connectivity index is 2.10.